The van der Waals surface area contributed by atoms with E-state index in [0.717, 1.165) is 16.9 Å². The number of hydrogen-bond donors (Lipinski definition) is 1. The number of methoxy groups -OCH3 is 1. The summed E-state index contributed by atoms with van der Waals surface area (Å²) in [5.74, 6) is 0.697. The van der Waals surface area contributed by atoms with Gasteiger partial charge >= 0.3 is 0 Å². The number of likely N-dealkylation sites (N-methyl/N-ethyl adjacent to an activating group) is 1. The highest BCUT2D eigenvalue weighted by molar-refractivity contribution is 5.89. The van der Waals surface area contributed by atoms with Crippen molar-refractivity contribution in [3.63, 3.8) is 0 Å². The highest BCUT2D eigenvalue weighted by Crippen LogP contribution is 2.19. The van der Waals surface area contributed by atoms with Gasteiger partial charge in [0.25, 0.3) is 0 Å². The van der Waals surface area contributed by atoms with Crippen molar-refractivity contribution in [1.29, 1.82) is 0 Å². The van der Waals surface area contributed by atoms with Crippen molar-refractivity contribution < 1.29 is 14.3 Å². The van der Waals surface area contributed by atoms with Crippen LogP contribution in [-0.2, 0) is 9.59 Å². The second-order valence-corrected chi connectivity index (χ2v) is 7.02. The number of ether oxygens (including phenoxy) is 1. The number of nitrogens with zero attached hydrogens (tertiary/aromatic N) is 2. The Hall–Kier alpha value is -2.60. The lowest BCUT2D eigenvalue weighted by molar-refractivity contribution is -0.138. The van der Waals surface area contributed by atoms with Crippen molar-refractivity contribution >= 4 is 17.9 Å². The fourth-order valence-electron chi connectivity index (χ4n) is 3.32. The van der Waals surface area contributed by atoms with Gasteiger partial charge < -0.3 is 15.0 Å². The Morgan fingerprint density at radius 3 is 2.86 bits per heavy atom. The van der Waals surface area contributed by atoms with Crippen molar-refractivity contribution in [3.05, 3.63) is 48.1 Å². The molecule has 1 aliphatic heterocycles. The van der Waals surface area contributed by atoms with Crippen LogP contribution in [-0.4, -0.2) is 67.5 Å². The van der Waals surface area contributed by atoms with Crippen molar-refractivity contribution in [1.82, 2.24) is 15.1 Å². The molecule has 1 atom stereocenters. The summed E-state index contributed by atoms with van der Waals surface area (Å²) in [4.78, 5) is 28.9. The molecule has 1 aromatic carbocycles. The van der Waals surface area contributed by atoms with Gasteiger partial charge in [0.1, 0.15) is 5.75 Å². The molecule has 0 aromatic heterocycles. The first-order valence-electron chi connectivity index (χ1n) is 9.69. The molecule has 0 aliphatic carbocycles. The summed E-state index contributed by atoms with van der Waals surface area (Å²) in [6, 6.07) is 7.32. The van der Waals surface area contributed by atoms with E-state index in [4.69, 9.17) is 4.74 Å². The van der Waals surface area contributed by atoms with Crippen LogP contribution < -0.4 is 10.1 Å². The second kappa shape index (κ2) is 10.7. The first kappa shape index (κ1) is 21.7. The third kappa shape index (κ3) is 5.96. The Balaban J connectivity index is 2.05. The predicted octanol–water partition coefficient (Wildman–Crippen LogP) is 2.32. The quantitative estimate of drug-likeness (QED) is 0.663. The van der Waals surface area contributed by atoms with Crippen LogP contribution >= 0.6 is 0 Å². The van der Waals surface area contributed by atoms with Crippen molar-refractivity contribution in [2.24, 2.45) is 0 Å². The number of hydrogen-bond acceptors (Lipinski definition) is 4. The normalized spacial score (nSPS) is 17.4. The molecule has 1 aliphatic rings. The molecule has 0 spiro atoms. The number of carbonyl (C=O) groups excluding carboxylic acids is 2. The molecule has 1 heterocycles. The van der Waals surface area contributed by atoms with Gasteiger partial charge in [0.2, 0.25) is 11.8 Å². The summed E-state index contributed by atoms with van der Waals surface area (Å²) in [5.41, 5.74) is 1.91. The lowest BCUT2D eigenvalue weighted by Gasteiger charge is -2.35. The minimum absolute atomic E-state index is 0.0220. The van der Waals surface area contributed by atoms with Gasteiger partial charge in [0.15, 0.2) is 0 Å². The van der Waals surface area contributed by atoms with E-state index < -0.39 is 6.04 Å². The van der Waals surface area contributed by atoms with E-state index in [1.807, 2.05) is 50.3 Å². The molecule has 1 fully saturated rings. The molecule has 1 saturated heterocycles. The Bertz CT molecular complexity index is 729. The van der Waals surface area contributed by atoms with Crippen LogP contribution in [0.1, 0.15) is 25.8 Å². The minimum atomic E-state index is -0.456. The van der Waals surface area contributed by atoms with E-state index in [1.165, 1.54) is 0 Å². The van der Waals surface area contributed by atoms with Crippen LogP contribution in [0.25, 0.3) is 6.08 Å². The predicted molar refractivity (Wildman–Crippen MR) is 112 cm³/mol. The zero-order valence-corrected chi connectivity index (χ0v) is 17.1. The number of piperazine rings is 1. The number of para-hydroxylation sites is 1. The van der Waals surface area contributed by atoms with Gasteiger partial charge in [-0.25, -0.2) is 0 Å². The van der Waals surface area contributed by atoms with Crippen LogP contribution in [0.15, 0.2) is 42.5 Å². The summed E-state index contributed by atoms with van der Waals surface area (Å²) < 4.78 is 5.36. The highest BCUT2D eigenvalue weighted by Gasteiger charge is 2.32. The molecule has 0 radical (unpaired) electrons. The van der Waals surface area contributed by atoms with E-state index in [1.54, 1.807) is 12.0 Å². The van der Waals surface area contributed by atoms with Crippen LogP contribution in [0.2, 0.25) is 0 Å². The number of nitrogens with one attached hydrogen (secondary N) is 1. The monoisotopic (exact) mass is 385 g/mol. The van der Waals surface area contributed by atoms with Crippen LogP contribution in [0.4, 0.5) is 0 Å². The Morgan fingerprint density at radius 2 is 2.18 bits per heavy atom. The van der Waals surface area contributed by atoms with Crippen LogP contribution in [0.5, 0.6) is 5.75 Å². The molecule has 0 bridgehead atoms. The molecule has 1 aromatic rings. The van der Waals surface area contributed by atoms with Crippen molar-refractivity contribution in [2.45, 2.75) is 26.3 Å². The molecular weight excluding hydrogens is 354 g/mol. The van der Waals surface area contributed by atoms with Gasteiger partial charge in [-0.3, -0.25) is 14.5 Å². The third-order valence-corrected chi connectivity index (χ3v) is 4.78. The first-order chi connectivity index (χ1) is 13.5. The molecular formula is C22H31N3O3. The molecule has 6 nitrogen and oxygen atoms in total. The largest absolute Gasteiger partial charge is 0.496 e. The van der Waals surface area contributed by atoms with Crippen LogP contribution in [0.3, 0.4) is 0 Å². The average Bonchev–Trinajstić information content (AvgIpc) is 2.68. The fraction of sp³-hybridized carbons (Fsp3) is 0.455. The maximum absolute atomic E-state index is 12.7. The molecule has 152 valence electrons. The Morgan fingerprint density at radius 1 is 1.43 bits per heavy atom. The van der Waals surface area contributed by atoms with Gasteiger partial charge in [-0.05, 0) is 19.9 Å². The summed E-state index contributed by atoms with van der Waals surface area (Å²) in [6.45, 7) is 10.8. The zero-order valence-electron chi connectivity index (χ0n) is 17.1. The summed E-state index contributed by atoms with van der Waals surface area (Å²) in [7, 11) is 1.65. The van der Waals surface area contributed by atoms with E-state index >= 15 is 0 Å². The topological polar surface area (TPSA) is 61.9 Å². The number of rotatable bonds is 9. The molecule has 28 heavy (non-hydrogen) atoms. The van der Waals surface area contributed by atoms with Gasteiger partial charge in [-0.2, -0.15) is 0 Å². The van der Waals surface area contributed by atoms with E-state index in [2.05, 4.69) is 16.8 Å². The molecule has 2 rings (SSSR count). The summed E-state index contributed by atoms with van der Waals surface area (Å²) >= 11 is 0. The highest BCUT2D eigenvalue weighted by atomic mass is 16.5. The smallest absolute Gasteiger partial charge is 0.237 e. The Kier molecular flexibility index (Phi) is 8.26. The zero-order chi connectivity index (χ0) is 20.5. The summed E-state index contributed by atoms with van der Waals surface area (Å²) in [5, 5.41) is 2.88. The maximum atomic E-state index is 12.7. The van der Waals surface area contributed by atoms with Gasteiger partial charge in [-0.1, -0.05) is 42.5 Å². The lowest BCUT2D eigenvalue weighted by atomic mass is 10.1. The fourth-order valence-corrected chi connectivity index (χ4v) is 3.32. The van der Waals surface area contributed by atoms with Gasteiger partial charge in [0, 0.05) is 38.3 Å². The molecule has 2 amide bonds. The Labute approximate surface area is 167 Å². The SMILES string of the molecule is C=C(C)CN(CC)C(=O)CC1C(=O)NCCN1C/C=C/c1ccccc1OC. The van der Waals surface area contributed by atoms with E-state index in [9.17, 15) is 9.59 Å². The second-order valence-electron chi connectivity index (χ2n) is 7.02. The van der Waals surface area contributed by atoms with Gasteiger partial charge in [-0.15, -0.1) is 0 Å². The van der Waals surface area contributed by atoms with Crippen molar-refractivity contribution in [2.75, 3.05) is 39.8 Å². The molecule has 6 heteroatoms. The molecule has 1 N–H and O–H groups in total. The summed E-state index contributed by atoms with van der Waals surface area (Å²) in [6.07, 6.45) is 4.18. The van der Waals surface area contributed by atoms with E-state index in [-0.39, 0.29) is 18.2 Å². The average molecular weight is 386 g/mol. The number of amides is 2. The van der Waals surface area contributed by atoms with E-state index in [0.29, 0.717) is 32.7 Å². The lowest BCUT2D eigenvalue weighted by Crippen LogP contribution is -2.56. The molecule has 0 saturated carbocycles. The minimum Gasteiger partial charge on any atom is -0.496 e. The number of carbonyl (C=O) groups is 2. The maximum Gasteiger partial charge on any atom is 0.237 e. The molecule has 1 unspecified atom stereocenters. The third-order valence-electron chi connectivity index (χ3n) is 4.78. The van der Waals surface area contributed by atoms with Gasteiger partial charge in [0.05, 0.1) is 19.6 Å². The standard InChI is InChI=1S/C22H31N3O3/c1-5-24(16-17(2)3)21(26)15-19-22(27)23-12-14-25(19)13-8-10-18-9-6-7-11-20(18)28-4/h6-11,19H,2,5,12-16H2,1,3-4H3,(H,23,27)/b10-8+. The number of benzene rings is 1. The van der Waals surface area contributed by atoms with Crippen LogP contribution in [0, 0.1) is 0 Å². The van der Waals surface area contributed by atoms with Crippen molar-refractivity contribution in [3.8, 4) is 5.75 Å². The first-order valence-corrected chi connectivity index (χ1v) is 9.69.